The standard InChI is InChI=1S/C13H25NO3/c1-2-3-4-5-6-7-11-17-13(16)12(15)9-8-10-14/h2-11,14H2,1H3. The number of ether oxygens (including phenoxy) is 1. The number of carbonyl (C=O) groups is 2. The molecule has 0 rings (SSSR count). The fourth-order valence-electron chi connectivity index (χ4n) is 1.49. The number of ketones is 1. The molecule has 0 heterocycles. The number of Topliss-reactive ketones (excluding diaryl/α,β-unsaturated/α-hetero) is 1. The van der Waals surface area contributed by atoms with Crippen LogP contribution in [-0.4, -0.2) is 24.9 Å². The van der Waals surface area contributed by atoms with Crippen LogP contribution in [-0.2, 0) is 14.3 Å². The van der Waals surface area contributed by atoms with Crippen molar-refractivity contribution in [1.82, 2.24) is 0 Å². The van der Waals surface area contributed by atoms with Gasteiger partial charge in [-0.25, -0.2) is 4.79 Å². The van der Waals surface area contributed by atoms with Crippen LogP contribution >= 0.6 is 0 Å². The second-order valence-electron chi connectivity index (χ2n) is 4.22. The van der Waals surface area contributed by atoms with Gasteiger partial charge in [0.15, 0.2) is 0 Å². The predicted octanol–water partition coefficient (Wildman–Crippen LogP) is 2.20. The maximum atomic E-state index is 11.2. The van der Waals surface area contributed by atoms with Crippen molar-refractivity contribution in [3.8, 4) is 0 Å². The first-order valence-corrected chi connectivity index (χ1v) is 6.62. The molecule has 0 unspecified atom stereocenters. The molecule has 100 valence electrons. The molecule has 0 aliphatic rings. The van der Waals surface area contributed by atoms with Crippen molar-refractivity contribution < 1.29 is 14.3 Å². The quantitative estimate of drug-likeness (QED) is 0.343. The van der Waals surface area contributed by atoms with Crippen LogP contribution in [0.5, 0.6) is 0 Å². The second kappa shape index (κ2) is 11.6. The third-order valence-electron chi connectivity index (χ3n) is 2.57. The molecule has 0 amide bonds. The van der Waals surface area contributed by atoms with Crippen molar-refractivity contribution in [2.45, 2.75) is 58.3 Å². The summed E-state index contributed by atoms with van der Waals surface area (Å²) in [6, 6.07) is 0. The molecule has 17 heavy (non-hydrogen) atoms. The minimum Gasteiger partial charge on any atom is -0.460 e. The average Bonchev–Trinajstić information content (AvgIpc) is 2.34. The van der Waals surface area contributed by atoms with Crippen LogP contribution in [0.1, 0.15) is 58.3 Å². The van der Waals surface area contributed by atoms with E-state index in [-0.39, 0.29) is 6.42 Å². The molecule has 2 N–H and O–H groups in total. The van der Waals surface area contributed by atoms with Gasteiger partial charge in [-0.15, -0.1) is 0 Å². The largest absolute Gasteiger partial charge is 0.460 e. The van der Waals surface area contributed by atoms with E-state index in [0.29, 0.717) is 19.6 Å². The number of unbranched alkanes of at least 4 members (excludes halogenated alkanes) is 5. The highest BCUT2D eigenvalue weighted by Crippen LogP contribution is 2.05. The van der Waals surface area contributed by atoms with E-state index in [1.165, 1.54) is 25.7 Å². The zero-order valence-corrected chi connectivity index (χ0v) is 10.9. The van der Waals surface area contributed by atoms with Gasteiger partial charge in [-0.05, 0) is 19.4 Å². The normalized spacial score (nSPS) is 10.2. The van der Waals surface area contributed by atoms with E-state index in [2.05, 4.69) is 6.92 Å². The number of esters is 1. The van der Waals surface area contributed by atoms with Crippen LogP contribution in [0.25, 0.3) is 0 Å². The van der Waals surface area contributed by atoms with Crippen molar-refractivity contribution in [2.75, 3.05) is 13.2 Å². The molecular formula is C13H25NO3. The van der Waals surface area contributed by atoms with Gasteiger partial charge in [-0.2, -0.15) is 0 Å². The van der Waals surface area contributed by atoms with E-state index < -0.39 is 11.8 Å². The summed E-state index contributed by atoms with van der Waals surface area (Å²) in [6.07, 6.45) is 7.55. The highest BCUT2D eigenvalue weighted by atomic mass is 16.5. The molecule has 0 atom stereocenters. The third-order valence-corrected chi connectivity index (χ3v) is 2.57. The zero-order chi connectivity index (χ0) is 12.9. The van der Waals surface area contributed by atoms with E-state index in [9.17, 15) is 9.59 Å². The minimum atomic E-state index is -0.702. The van der Waals surface area contributed by atoms with Crippen LogP contribution in [0.4, 0.5) is 0 Å². The Morgan fingerprint density at radius 1 is 1.00 bits per heavy atom. The summed E-state index contributed by atoms with van der Waals surface area (Å²) >= 11 is 0. The van der Waals surface area contributed by atoms with Gasteiger partial charge in [0, 0.05) is 6.42 Å². The second-order valence-corrected chi connectivity index (χ2v) is 4.22. The number of rotatable bonds is 11. The molecule has 0 aromatic carbocycles. The first-order valence-electron chi connectivity index (χ1n) is 6.62. The smallest absolute Gasteiger partial charge is 0.374 e. The van der Waals surface area contributed by atoms with Crippen LogP contribution < -0.4 is 5.73 Å². The van der Waals surface area contributed by atoms with Gasteiger partial charge in [-0.1, -0.05) is 39.0 Å². The van der Waals surface area contributed by atoms with Gasteiger partial charge < -0.3 is 10.5 Å². The van der Waals surface area contributed by atoms with Crippen LogP contribution in [0.2, 0.25) is 0 Å². The lowest BCUT2D eigenvalue weighted by Crippen LogP contribution is -2.18. The summed E-state index contributed by atoms with van der Waals surface area (Å²) < 4.78 is 4.88. The molecule has 0 saturated heterocycles. The van der Waals surface area contributed by atoms with Gasteiger partial charge in [-0.3, -0.25) is 4.79 Å². The first kappa shape index (κ1) is 16.1. The van der Waals surface area contributed by atoms with Crippen molar-refractivity contribution in [3.63, 3.8) is 0 Å². The Hall–Kier alpha value is -0.900. The summed E-state index contributed by atoms with van der Waals surface area (Å²) in [5.74, 6) is -1.16. The van der Waals surface area contributed by atoms with Crippen molar-refractivity contribution in [1.29, 1.82) is 0 Å². The average molecular weight is 243 g/mol. The number of hydrogen-bond acceptors (Lipinski definition) is 4. The lowest BCUT2D eigenvalue weighted by molar-refractivity contribution is -0.154. The Bertz CT molecular complexity index is 217. The Kier molecular flexibility index (Phi) is 11.0. The fraction of sp³-hybridized carbons (Fsp3) is 0.846. The number of nitrogens with two attached hydrogens (primary N) is 1. The molecule has 4 heteroatoms. The summed E-state index contributed by atoms with van der Waals surface area (Å²) in [5, 5.41) is 0. The third kappa shape index (κ3) is 10.00. The van der Waals surface area contributed by atoms with E-state index in [0.717, 1.165) is 12.8 Å². The Balaban J connectivity index is 3.35. The fourth-order valence-corrected chi connectivity index (χ4v) is 1.49. The summed E-state index contributed by atoms with van der Waals surface area (Å²) in [4.78, 5) is 22.3. The highest BCUT2D eigenvalue weighted by Gasteiger charge is 2.13. The van der Waals surface area contributed by atoms with Crippen molar-refractivity contribution in [2.24, 2.45) is 5.73 Å². The van der Waals surface area contributed by atoms with E-state index in [4.69, 9.17) is 10.5 Å². The topological polar surface area (TPSA) is 69.4 Å². The minimum absolute atomic E-state index is 0.200. The molecule has 0 saturated carbocycles. The predicted molar refractivity (Wildman–Crippen MR) is 67.6 cm³/mol. The summed E-state index contributed by atoms with van der Waals surface area (Å²) in [6.45, 7) is 2.96. The van der Waals surface area contributed by atoms with Crippen LogP contribution in [0.3, 0.4) is 0 Å². The van der Waals surface area contributed by atoms with Gasteiger partial charge in [0.05, 0.1) is 6.61 Å². The summed E-state index contributed by atoms with van der Waals surface area (Å²) in [5.41, 5.74) is 5.25. The SMILES string of the molecule is CCCCCCCCOC(=O)C(=O)CCCN. The Labute approximate surface area is 104 Å². The van der Waals surface area contributed by atoms with E-state index >= 15 is 0 Å². The Morgan fingerprint density at radius 2 is 1.65 bits per heavy atom. The van der Waals surface area contributed by atoms with Crippen LogP contribution in [0, 0.1) is 0 Å². The van der Waals surface area contributed by atoms with Gasteiger partial charge >= 0.3 is 5.97 Å². The van der Waals surface area contributed by atoms with Gasteiger partial charge in [0.2, 0.25) is 5.78 Å². The van der Waals surface area contributed by atoms with Crippen molar-refractivity contribution in [3.05, 3.63) is 0 Å². The first-order chi connectivity index (χ1) is 8.22. The molecule has 0 fully saturated rings. The van der Waals surface area contributed by atoms with Crippen LogP contribution in [0.15, 0.2) is 0 Å². The number of hydrogen-bond donors (Lipinski definition) is 1. The molecule has 0 radical (unpaired) electrons. The maximum absolute atomic E-state index is 11.2. The monoisotopic (exact) mass is 243 g/mol. The highest BCUT2D eigenvalue weighted by molar-refractivity contribution is 6.33. The van der Waals surface area contributed by atoms with Crippen molar-refractivity contribution >= 4 is 11.8 Å². The van der Waals surface area contributed by atoms with E-state index in [1.54, 1.807) is 0 Å². The molecule has 0 aliphatic carbocycles. The molecular weight excluding hydrogens is 218 g/mol. The lowest BCUT2D eigenvalue weighted by Gasteiger charge is -2.03. The number of carbonyl (C=O) groups excluding carboxylic acids is 2. The van der Waals surface area contributed by atoms with Gasteiger partial charge in [0.25, 0.3) is 0 Å². The van der Waals surface area contributed by atoms with E-state index in [1.807, 2.05) is 0 Å². The molecule has 4 nitrogen and oxygen atoms in total. The maximum Gasteiger partial charge on any atom is 0.374 e. The Morgan fingerprint density at radius 3 is 2.29 bits per heavy atom. The lowest BCUT2D eigenvalue weighted by atomic mass is 10.1. The van der Waals surface area contributed by atoms with Gasteiger partial charge in [0.1, 0.15) is 0 Å². The molecule has 0 bridgehead atoms. The zero-order valence-electron chi connectivity index (χ0n) is 10.9. The molecule has 0 aromatic rings. The molecule has 0 aromatic heterocycles. The molecule has 0 spiro atoms. The molecule has 0 aliphatic heterocycles. The summed E-state index contributed by atoms with van der Waals surface area (Å²) in [7, 11) is 0.